The van der Waals surface area contributed by atoms with Crippen LogP contribution < -0.4 is 10.6 Å². The molecule has 3 rings (SSSR count). The van der Waals surface area contributed by atoms with E-state index in [1.165, 1.54) is 5.69 Å². The van der Waals surface area contributed by atoms with Gasteiger partial charge in [-0.2, -0.15) is 0 Å². The second-order valence-corrected chi connectivity index (χ2v) is 7.27. The molecule has 0 spiro atoms. The summed E-state index contributed by atoms with van der Waals surface area (Å²) in [6.07, 6.45) is 1.93. The van der Waals surface area contributed by atoms with E-state index in [4.69, 9.17) is 10.5 Å². The first-order chi connectivity index (χ1) is 10.3. The van der Waals surface area contributed by atoms with E-state index < -0.39 is 5.60 Å². The number of anilines is 2. The molecule has 2 heterocycles. The molecule has 5 heteroatoms. The van der Waals surface area contributed by atoms with Crippen molar-refractivity contribution >= 4 is 17.5 Å². The lowest BCUT2D eigenvalue weighted by atomic mass is 10.1. The number of nitrogens with zero attached hydrogens (tertiary/aromatic N) is 2. The van der Waals surface area contributed by atoms with Gasteiger partial charge in [0.1, 0.15) is 5.60 Å². The Morgan fingerprint density at radius 1 is 1.14 bits per heavy atom. The fourth-order valence-electron chi connectivity index (χ4n) is 3.41. The molecule has 2 saturated heterocycles. The largest absolute Gasteiger partial charge is 0.444 e. The van der Waals surface area contributed by atoms with Crippen molar-refractivity contribution in [2.45, 2.75) is 51.3 Å². The maximum absolute atomic E-state index is 12.4. The Bertz CT molecular complexity index is 536. The molecule has 2 N–H and O–H groups in total. The zero-order chi connectivity index (χ0) is 15.9. The Morgan fingerprint density at radius 3 is 2.18 bits per heavy atom. The highest BCUT2D eigenvalue weighted by atomic mass is 16.6. The molecule has 0 saturated carbocycles. The predicted molar refractivity (Wildman–Crippen MR) is 88.0 cm³/mol. The number of amides is 1. The van der Waals surface area contributed by atoms with Crippen LogP contribution in [0.4, 0.5) is 16.2 Å². The van der Waals surface area contributed by atoms with E-state index >= 15 is 0 Å². The Morgan fingerprint density at radius 2 is 1.68 bits per heavy atom. The van der Waals surface area contributed by atoms with Gasteiger partial charge in [0.2, 0.25) is 0 Å². The van der Waals surface area contributed by atoms with Gasteiger partial charge in [0.25, 0.3) is 0 Å². The van der Waals surface area contributed by atoms with Crippen LogP contribution in [0.5, 0.6) is 0 Å². The molecule has 0 radical (unpaired) electrons. The molecule has 0 unspecified atom stereocenters. The summed E-state index contributed by atoms with van der Waals surface area (Å²) in [4.78, 5) is 16.7. The lowest BCUT2D eigenvalue weighted by molar-refractivity contribution is 0.0123. The number of piperazine rings is 1. The molecule has 0 aromatic heterocycles. The van der Waals surface area contributed by atoms with Crippen molar-refractivity contribution in [2.24, 2.45) is 0 Å². The maximum atomic E-state index is 12.4. The van der Waals surface area contributed by atoms with Crippen LogP contribution in [0.15, 0.2) is 24.3 Å². The van der Waals surface area contributed by atoms with Crippen LogP contribution >= 0.6 is 0 Å². The molecular weight excluding hydrogens is 278 g/mol. The van der Waals surface area contributed by atoms with Gasteiger partial charge in [0.05, 0.1) is 12.1 Å². The van der Waals surface area contributed by atoms with Crippen LogP contribution in [0.1, 0.15) is 33.6 Å². The standard InChI is InChI=1S/C17H25N3O2/c1-17(2,3)22-16(21)20-14-8-9-15(20)11-19(10-14)13-6-4-12(18)5-7-13/h4-7,14-15H,8-11,18H2,1-3H3/t14-,15+. The minimum Gasteiger partial charge on any atom is -0.444 e. The second kappa shape index (κ2) is 5.38. The molecule has 1 amide bonds. The quantitative estimate of drug-likeness (QED) is 0.811. The van der Waals surface area contributed by atoms with Gasteiger partial charge in [-0.15, -0.1) is 0 Å². The van der Waals surface area contributed by atoms with Crippen molar-refractivity contribution in [3.05, 3.63) is 24.3 Å². The highest BCUT2D eigenvalue weighted by molar-refractivity contribution is 5.70. The number of rotatable bonds is 1. The molecular formula is C17H25N3O2. The highest BCUT2D eigenvalue weighted by Crippen LogP contribution is 2.34. The highest BCUT2D eigenvalue weighted by Gasteiger charge is 2.44. The summed E-state index contributed by atoms with van der Waals surface area (Å²) in [5.41, 5.74) is 7.27. The van der Waals surface area contributed by atoms with E-state index in [1.54, 1.807) is 0 Å². The number of fused-ring (bicyclic) bond motifs is 2. The summed E-state index contributed by atoms with van der Waals surface area (Å²) in [6.45, 7) is 7.46. The van der Waals surface area contributed by atoms with Gasteiger partial charge in [-0.3, -0.25) is 4.90 Å². The average Bonchev–Trinajstić information content (AvgIpc) is 2.69. The summed E-state index contributed by atoms with van der Waals surface area (Å²) in [7, 11) is 0. The number of ether oxygens (including phenoxy) is 1. The van der Waals surface area contributed by atoms with Gasteiger partial charge < -0.3 is 15.4 Å². The molecule has 1 aromatic carbocycles. The molecule has 0 aliphatic carbocycles. The fourth-order valence-corrected chi connectivity index (χ4v) is 3.41. The summed E-state index contributed by atoms with van der Waals surface area (Å²) < 4.78 is 5.57. The van der Waals surface area contributed by atoms with E-state index in [1.807, 2.05) is 37.8 Å². The molecule has 1 aromatic rings. The van der Waals surface area contributed by atoms with Crippen LogP contribution in [0, 0.1) is 0 Å². The zero-order valence-corrected chi connectivity index (χ0v) is 13.6. The lowest BCUT2D eigenvalue weighted by Gasteiger charge is -2.42. The van der Waals surface area contributed by atoms with Crippen LogP contribution in [-0.4, -0.2) is 41.8 Å². The van der Waals surface area contributed by atoms with E-state index in [2.05, 4.69) is 17.0 Å². The second-order valence-electron chi connectivity index (χ2n) is 7.27. The third-order valence-corrected chi connectivity index (χ3v) is 4.34. The van der Waals surface area contributed by atoms with Crippen LogP contribution in [0.25, 0.3) is 0 Å². The third kappa shape index (κ3) is 2.98. The lowest BCUT2D eigenvalue weighted by Crippen LogP contribution is -2.56. The topological polar surface area (TPSA) is 58.8 Å². The van der Waals surface area contributed by atoms with Gasteiger partial charge in [0.15, 0.2) is 0 Å². The van der Waals surface area contributed by atoms with E-state index in [0.717, 1.165) is 31.6 Å². The van der Waals surface area contributed by atoms with Crippen molar-refractivity contribution in [3.63, 3.8) is 0 Å². The minimum absolute atomic E-state index is 0.169. The molecule has 2 atom stereocenters. The maximum Gasteiger partial charge on any atom is 0.410 e. The van der Waals surface area contributed by atoms with Crippen molar-refractivity contribution in [1.29, 1.82) is 0 Å². The van der Waals surface area contributed by atoms with E-state index in [0.29, 0.717) is 0 Å². The first kappa shape index (κ1) is 15.0. The molecule has 22 heavy (non-hydrogen) atoms. The van der Waals surface area contributed by atoms with Gasteiger partial charge in [0, 0.05) is 24.5 Å². The number of nitrogens with two attached hydrogens (primary N) is 1. The molecule has 2 bridgehead atoms. The Balaban J connectivity index is 1.71. The number of nitrogen functional groups attached to an aromatic ring is 1. The molecule has 2 aliphatic heterocycles. The number of carbonyl (C=O) groups is 1. The Hall–Kier alpha value is -1.91. The molecule has 2 aliphatic rings. The van der Waals surface area contributed by atoms with Crippen LogP contribution in [-0.2, 0) is 4.74 Å². The smallest absolute Gasteiger partial charge is 0.410 e. The van der Waals surface area contributed by atoms with Crippen molar-refractivity contribution in [3.8, 4) is 0 Å². The molecule has 5 nitrogen and oxygen atoms in total. The zero-order valence-electron chi connectivity index (χ0n) is 13.6. The van der Waals surface area contributed by atoms with Crippen molar-refractivity contribution in [2.75, 3.05) is 23.7 Å². The summed E-state index contributed by atoms with van der Waals surface area (Å²) in [5.74, 6) is 0. The van der Waals surface area contributed by atoms with Gasteiger partial charge in [-0.25, -0.2) is 4.79 Å². The third-order valence-electron chi connectivity index (χ3n) is 4.34. The number of carbonyl (C=O) groups excluding carboxylic acids is 1. The Kier molecular flexibility index (Phi) is 3.67. The van der Waals surface area contributed by atoms with Crippen molar-refractivity contribution in [1.82, 2.24) is 4.90 Å². The van der Waals surface area contributed by atoms with E-state index in [9.17, 15) is 4.79 Å². The van der Waals surface area contributed by atoms with Crippen LogP contribution in [0.3, 0.4) is 0 Å². The van der Waals surface area contributed by atoms with Gasteiger partial charge >= 0.3 is 6.09 Å². The van der Waals surface area contributed by atoms with Gasteiger partial charge in [-0.05, 0) is 57.9 Å². The minimum atomic E-state index is -0.440. The molecule has 2 fully saturated rings. The number of benzene rings is 1. The first-order valence-corrected chi connectivity index (χ1v) is 7.95. The van der Waals surface area contributed by atoms with Crippen molar-refractivity contribution < 1.29 is 9.53 Å². The summed E-state index contributed by atoms with van der Waals surface area (Å²) in [6, 6.07) is 8.45. The summed E-state index contributed by atoms with van der Waals surface area (Å²) in [5, 5.41) is 0. The summed E-state index contributed by atoms with van der Waals surface area (Å²) >= 11 is 0. The van der Waals surface area contributed by atoms with E-state index in [-0.39, 0.29) is 18.2 Å². The Labute approximate surface area is 132 Å². The SMILES string of the molecule is CC(C)(C)OC(=O)N1[C@@H]2CC[C@H]1CN(c1ccc(N)cc1)C2. The average molecular weight is 303 g/mol. The van der Waals surface area contributed by atoms with Crippen LogP contribution in [0.2, 0.25) is 0 Å². The molecule has 120 valence electrons. The predicted octanol–water partition coefficient (Wildman–Crippen LogP) is 2.86. The first-order valence-electron chi connectivity index (χ1n) is 7.95. The van der Waals surface area contributed by atoms with Gasteiger partial charge in [-0.1, -0.05) is 0 Å². The normalized spacial score (nSPS) is 24.5. The monoisotopic (exact) mass is 303 g/mol. The fraction of sp³-hybridized carbons (Fsp3) is 0.588. The number of hydrogen-bond donors (Lipinski definition) is 1. The number of hydrogen-bond acceptors (Lipinski definition) is 4.